The largest absolute Gasteiger partial charge is 0.435 e. The number of nitrogens with one attached hydrogen (secondary N) is 1. The number of alkyl halides is 2. The molecule has 0 aromatic heterocycles. The van der Waals surface area contributed by atoms with Gasteiger partial charge in [-0.25, -0.2) is 0 Å². The maximum atomic E-state index is 12.1. The first kappa shape index (κ1) is 18.4. The van der Waals surface area contributed by atoms with Crippen LogP contribution < -0.4 is 15.8 Å². The van der Waals surface area contributed by atoms with Crippen molar-refractivity contribution in [1.82, 2.24) is 5.32 Å². The molecule has 1 aromatic rings. The third kappa shape index (κ3) is 6.39. The molecular formula is C16H24F2N2O2. The Morgan fingerprint density at radius 2 is 1.91 bits per heavy atom. The molecule has 1 aromatic carbocycles. The number of rotatable bonds is 8. The first-order valence-electron chi connectivity index (χ1n) is 7.29. The highest BCUT2D eigenvalue weighted by molar-refractivity contribution is 5.79. The molecule has 0 bridgehead atoms. The highest BCUT2D eigenvalue weighted by atomic mass is 19.3. The van der Waals surface area contributed by atoms with Crippen LogP contribution in [0.1, 0.15) is 32.8 Å². The van der Waals surface area contributed by atoms with Crippen LogP contribution in [0, 0.1) is 5.92 Å². The van der Waals surface area contributed by atoms with Crippen molar-refractivity contribution in [2.24, 2.45) is 11.7 Å². The van der Waals surface area contributed by atoms with Gasteiger partial charge in [0.1, 0.15) is 5.75 Å². The van der Waals surface area contributed by atoms with Crippen LogP contribution in [-0.4, -0.2) is 24.6 Å². The molecule has 0 spiro atoms. The van der Waals surface area contributed by atoms with E-state index < -0.39 is 12.2 Å². The number of hydrogen-bond donors (Lipinski definition) is 2. The predicted octanol–water partition coefficient (Wildman–Crippen LogP) is 2.71. The van der Waals surface area contributed by atoms with Crippen LogP contribution in [0.5, 0.6) is 5.75 Å². The Kier molecular flexibility index (Phi) is 6.74. The molecular weight excluding hydrogens is 290 g/mol. The average Bonchev–Trinajstić information content (AvgIpc) is 2.39. The topological polar surface area (TPSA) is 64.3 Å². The van der Waals surface area contributed by atoms with Gasteiger partial charge in [-0.15, -0.1) is 0 Å². The highest BCUT2D eigenvalue weighted by Crippen LogP contribution is 2.17. The quantitative estimate of drug-likeness (QED) is 0.775. The van der Waals surface area contributed by atoms with Crippen molar-refractivity contribution < 1.29 is 18.3 Å². The molecule has 0 aliphatic carbocycles. The Hall–Kier alpha value is -1.69. The first-order chi connectivity index (χ1) is 10.2. The zero-order valence-electron chi connectivity index (χ0n) is 13.2. The normalized spacial score (nSPS) is 14.0. The van der Waals surface area contributed by atoms with Crippen molar-refractivity contribution in [1.29, 1.82) is 0 Å². The number of amides is 1. The summed E-state index contributed by atoms with van der Waals surface area (Å²) in [5.74, 6) is 0.349. The van der Waals surface area contributed by atoms with E-state index in [-0.39, 0.29) is 18.1 Å². The van der Waals surface area contributed by atoms with E-state index in [0.29, 0.717) is 12.5 Å². The molecule has 1 unspecified atom stereocenters. The van der Waals surface area contributed by atoms with Crippen molar-refractivity contribution in [3.8, 4) is 5.75 Å². The molecule has 4 nitrogen and oxygen atoms in total. The molecule has 0 saturated heterocycles. The van der Waals surface area contributed by atoms with E-state index in [9.17, 15) is 13.6 Å². The third-order valence-electron chi connectivity index (χ3n) is 3.26. The number of carbonyl (C=O) groups excluding carboxylic acids is 1. The van der Waals surface area contributed by atoms with Gasteiger partial charge < -0.3 is 15.8 Å². The lowest BCUT2D eigenvalue weighted by Crippen LogP contribution is -2.52. The van der Waals surface area contributed by atoms with Gasteiger partial charge in [-0.1, -0.05) is 26.0 Å². The lowest BCUT2D eigenvalue weighted by atomic mass is 9.90. The van der Waals surface area contributed by atoms with Gasteiger partial charge in [-0.2, -0.15) is 8.78 Å². The van der Waals surface area contributed by atoms with Crippen molar-refractivity contribution in [2.75, 3.05) is 6.54 Å². The maximum absolute atomic E-state index is 12.1. The van der Waals surface area contributed by atoms with Crippen molar-refractivity contribution in [2.45, 2.75) is 45.8 Å². The zero-order chi connectivity index (χ0) is 16.8. The Balaban J connectivity index is 2.60. The zero-order valence-corrected chi connectivity index (χ0v) is 13.2. The third-order valence-corrected chi connectivity index (χ3v) is 3.26. The molecule has 1 amide bonds. The molecule has 0 saturated carbocycles. The van der Waals surface area contributed by atoms with E-state index in [0.717, 1.165) is 12.0 Å². The maximum Gasteiger partial charge on any atom is 0.387 e. The molecule has 3 N–H and O–H groups in total. The summed E-state index contributed by atoms with van der Waals surface area (Å²) in [6, 6.07) is 6.04. The van der Waals surface area contributed by atoms with E-state index in [1.807, 2.05) is 6.92 Å². The Bertz CT molecular complexity index is 478. The van der Waals surface area contributed by atoms with Crippen LogP contribution in [-0.2, 0) is 11.2 Å². The van der Waals surface area contributed by atoms with Crippen LogP contribution in [0.2, 0.25) is 0 Å². The van der Waals surface area contributed by atoms with E-state index in [1.165, 1.54) is 12.1 Å². The second kappa shape index (κ2) is 8.08. The van der Waals surface area contributed by atoms with Gasteiger partial charge in [0.2, 0.25) is 5.91 Å². The number of nitrogens with two attached hydrogens (primary N) is 1. The summed E-state index contributed by atoms with van der Waals surface area (Å²) < 4.78 is 28.4. The lowest BCUT2D eigenvalue weighted by molar-refractivity contribution is -0.122. The number of carbonyl (C=O) groups is 1. The van der Waals surface area contributed by atoms with Crippen LogP contribution in [0.3, 0.4) is 0 Å². The molecule has 0 radical (unpaired) electrons. The van der Waals surface area contributed by atoms with Crippen LogP contribution >= 0.6 is 0 Å². The van der Waals surface area contributed by atoms with Crippen LogP contribution in [0.4, 0.5) is 8.78 Å². The van der Waals surface area contributed by atoms with E-state index >= 15 is 0 Å². The smallest absolute Gasteiger partial charge is 0.387 e. The van der Waals surface area contributed by atoms with Gasteiger partial charge in [0.05, 0.1) is 6.42 Å². The second-order valence-electron chi connectivity index (χ2n) is 6.11. The Morgan fingerprint density at radius 1 is 1.32 bits per heavy atom. The summed E-state index contributed by atoms with van der Waals surface area (Å²) in [6.45, 7) is 3.57. The molecule has 0 fully saturated rings. The predicted molar refractivity (Wildman–Crippen MR) is 81.8 cm³/mol. The van der Waals surface area contributed by atoms with Crippen LogP contribution in [0.25, 0.3) is 0 Å². The standard InChI is InChI=1S/C16H24F2N2O2/c1-11(2)9-16(3,10-19)20-14(21)8-12-4-6-13(7-5-12)22-15(17)18/h4-7,11,15H,8-10,19H2,1-3H3,(H,20,21). The van der Waals surface area contributed by atoms with Crippen LogP contribution in [0.15, 0.2) is 24.3 Å². The van der Waals surface area contributed by atoms with E-state index in [1.54, 1.807) is 12.1 Å². The van der Waals surface area contributed by atoms with Gasteiger partial charge in [-0.3, -0.25) is 4.79 Å². The lowest BCUT2D eigenvalue weighted by Gasteiger charge is -2.31. The highest BCUT2D eigenvalue weighted by Gasteiger charge is 2.25. The summed E-state index contributed by atoms with van der Waals surface area (Å²) in [7, 11) is 0. The molecule has 0 aliphatic heterocycles. The fourth-order valence-electron chi connectivity index (χ4n) is 2.44. The number of halogens is 2. The summed E-state index contributed by atoms with van der Waals surface area (Å²) in [4.78, 5) is 12.1. The van der Waals surface area contributed by atoms with E-state index in [4.69, 9.17) is 5.73 Å². The summed E-state index contributed by atoms with van der Waals surface area (Å²) in [5, 5.41) is 2.95. The van der Waals surface area contributed by atoms with Crippen molar-refractivity contribution in [3.05, 3.63) is 29.8 Å². The summed E-state index contributed by atoms with van der Waals surface area (Å²) >= 11 is 0. The first-order valence-corrected chi connectivity index (χ1v) is 7.29. The number of benzene rings is 1. The molecule has 6 heteroatoms. The van der Waals surface area contributed by atoms with Crippen molar-refractivity contribution >= 4 is 5.91 Å². The molecule has 1 rings (SSSR count). The number of ether oxygens (including phenoxy) is 1. The minimum atomic E-state index is -2.85. The van der Waals surface area contributed by atoms with Gasteiger partial charge in [0.15, 0.2) is 0 Å². The SMILES string of the molecule is CC(C)CC(C)(CN)NC(=O)Cc1ccc(OC(F)F)cc1. The molecule has 0 heterocycles. The average molecular weight is 314 g/mol. The molecule has 22 heavy (non-hydrogen) atoms. The molecule has 124 valence electrons. The minimum Gasteiger partial charge on any atom is -0.435 e. The van der Waals surface area contributed by atoms with Crippen molar-refractivity contribution in [3.63, 3.8) is 0 Å². The fraction of sp³-hybridized carbons (Fsp3) is 0.562. The Morgan fingerprint density at radius 3 is 2.36 bits per heavy atom. The monoisotopic (exact) mass is 314 g/mol. The van der Waals surface area contributed by atoms with Gasteiger partial charge >= 0.3 is 6.61 Å². The molecule has 1 atom stereocenters. The summed E-state index contributed by atoms with van der Waals surface area (Å²) in [5.41, 5.74) is 6.05. The van der Waals surface area contributed by atoms with Gasteiger partial charge in [0.25, 0.3) is 0 Å². The summed E-state index contributed by atoms with van der Waals surface area (Å²) in [6.07, 6.45) is 0.957. The minimum absolute atomic E-state index is 0.0748. The fourth-order valence-corrected chi connectivity index (χ4v) is 2.44. The molecule has 0 aliphatic rings. The Labute approximate surface area is 130 Å². The number of hydrogen-bond acceptors (Lipinski definition) is 3. The van der Waals surface area contributed by atoms with E-state index in [2.05, 4.69) is 23.9 Å². The second-order valence-corrected chi connectivity index (χ2v) is 6.11. The van der Waals surface area contributed by atoms with Gasteiger partial charge in [-0.05, 0) is 37.0 Å². The van der Waals surface area contributed by atoms with Gasteiger partial charge in [0, 0.05) is 12.1 Å².